The van der Waals surface area contributed by atoms with Gasteiger partial charge in [0, 0.05) is 25.2 Å². The quantitative estimate of drug-likeness (QED) is 0.671. The Bertz CT molecular complexity index is 476. The van der Waals surface area contributed by atoms with Crippen LogP contribution >= 0.6 is 0 Å². The van der Waals surface area contributed by atoms with Gasteiger partial charge in [0.05, 0.1) is 4.92 Å². The highest BCUT2D eigenvalue weighted by atomic mass is 16.6. The van der Waals surface area contributed by atoms with Crippen LogP contribution in [0, 0.1) is 23.0 Å². The van der Waals surface area contributed by atoms with Crippen molar-refractivity contribution in [2.75, 3.05) is 18.0 Å². The van der Waals surface area contributed by atoms with Gasteiger partial charge in [0.1, 0.15) is 5.69 Å². The lowest BCUT2D eigenvalue weighted by atomic mass is 9.90. The molecule has 1 aliphatic rings. The van der Waals surface area contributed by atoms with Crippen LogP contribution in [0.15, 0.2) is 18.2 Å². The van der Waals surface area contributed by atoms with Crippen molar-refractivity contribution < 1.29 is 4.92 Å². The summed E-state index contributed by atoms with van der Waals surface area (Å²) in [4.78, 5) is 13.0. The molecular formula is C14H21N3O2. The van der Waals surface area contributed by atoms with Gasteiger partial charge < -0.3 is 10.6 Å². The summed E-state index contributed by atoms with van der Waals surface area (Å²) in [6.45, 7) is 5.60. The van der Waals surface area contributed by atoms with Gasteiger partial charge >= 0.3 is 0 Å². The lowest BCUT2D eigenvalue weighted by Crippen LogP contribution is -2.47. The number of piperidine rings is 1. The number of hydrogen-bond acceptors (Lipinski definition) is 4. The number of benzene rings is 1. The maximum absolute atomic E-state index is 11.2. The first kappa shape index (κ1) is 13.8. The number of nitrogens with two attached hydrogens (primary N) is 1. The van der Waals surface area contributed by atoms with E-state index in [1.54, 1.807) is 6.07 Å². The fourth-order valence-electron chi connectivity index (χ4n) is 2.75. The number of nitro benzene ring substituents is 1. The van der Waals surface area contributed by atoms with Gasteiger partial charge in [-0.05, 0) is 30.9 Å². The minimum absolute atomic E-state index is 0.199. The van der Waals surface area contributed by atoms with E-state index in [0.717, 1.165) is 37.2 Å². The molecule has 19 heavy (non-hydrogen) atoms. The first-order chi connectivity index (χ1) is 9.02. The molecule has 1 saturated heterocycles. The third-order valence-corrected chi connectivity index (χ3v) is 3.99. The molecule has 1 aliphatic heterocycles. The molecule has 5 heteroatoms. The topological polar surface area (TPSA) is 72.4 Å². The Labute approximate surface area is 113 Å². The van der Waals surface area contributed by atoms with Gasteiger partial charge in [-0.15, -0.1) is 0 Å². The predicted octanol–water partition coefficient (Wildman–Crippen LogP) is 2.47. The van der Waals surface area contributed by atoms with Crippen molar-refractivity contribution in [2.45, 2.75) is 32.7 Å². The van der Waals surface area contributed by atoms with Crippen molar-refractivity contribution in [3.8, 4) is 0 Å². The van der Waals surface area contributed by atoms with Crippen LogP contribution in [-0.2, 0) is 0 Å². The zero-order valence-electron chi connectivity index (χ0n) is 11.5. The molecule has 1 aromatic carbocycles. The van der Waals surface area contributed by atoms with Crippen LogP contribution in [0.25, 0.3) is 0 Å². The third-order valence-electron chi connectivity index (χ3n) is 3.99. The minimum atomic E-state index is -0.294. The Morgan fingerprint density at radius 1 is 1.53 bits per heavy atom. The summed E-state index contributed by atoms with van der Waals surface area (Å²) in [7, 11) is 0. The molecule has 1 aromatic rings. The Balaban J connectivity index is 2.29. The van der Waals surface area contributed by atoms with Crippen molar-refractivity contribution in [2.24, 2.45) is 11.7 Å². The van der Waals surface area contributed by atoms with Crippen LogP contribution < -0.4 is 10.6 Å². The lowest BCUT2D eigenvalue weighted by Gasteiger charge is -2.37. The first-order valence-corrected chi connectivity index (χ1v) is 6.78. The Hall–Kier alpha value is -1.62. The highest BCUT2D eigenvalue weighted by molar-refractivity contribution is 5.64. The summed E-state index contributed by atoms with van der Waals surface area (Å²) in [5.74, 6) is 0.412. The van der Waals surface area contributed by atoms with E-state index >= 15 is 0 Å². The monoisotopic (exact) mass is 263 g/mol. The molecule has 0 aliphatic carbocycles. The number of hydrogen-bond donors (Lipinski definition) is 1. The van der Waals surface area contributed by atoms with E-state index in [0.29, 0.717) is 5.92 Å². The van der Waals surface area contributed by atoms with E-state index in [4.69, 9.17) is 5.73 Å². The second kappa shape index (κ2) is 5.57. The largest absolute Gasteiger partial charge is 0.366 e. The number of aryl methyl sites for hydroxylation is 1. The maximum Gasteiger partial charge on any atom is 0.292 e. The highest BCUT2D eigenvalue weighted by Crippen LogP contribution is 2.32. The van der Waals surface area contributed by atoms with Gasteiger partial charge in [-0.1, -0.05) is 19.4 Å². The summed E-state index contributed by atoms with van der Waals surface area (Å²) in [6, 6.07) is 5.64. The average molecular weight is 263 g/mol. The highest BCUT2D eigenvalue weighted by Gasteiger charge is 2.28. The Morgan fingerprint density at radius 2 is 2.26 bits per heavy atom. The van der Waals surface area contributed by atoms with Crippen molar-refractivity contribution in [1.82, 2.24) is 0 Å². The summed E-state index contributed by atoms with van der Waals surface area (Å²) >= 11 is 0. The van der Waals surface area contributed by atoms with Crippen LogP contribution in [0.3, 0.4) is 0 Å². The summed E-state index contributed by atoms with van der Waals surface area (Å²) in [5, 5.41) is 11.2. The Kier molecular flexibility index (Phi) is 4.04. The SMILES string of the molecule is CCC1CN(c2ccc(C)cc2[N+](=O)[O-])CCC1N. The fraction of sp³-hybridized carbons (Fsp3) is 0.571. The van der Waals surface area contributed by atoms with Gasteiger partial charge in [-0.3, -0.25) is 10.1 Å². The van der Waals surface area contributed by atoms with Crippen LogP contribution in [0.1, 0.15) is 25.3 Å². The Morgan fingerprint density at radius 3 is 2.89 bits per heavy atom. The normalized spacial score (nSPS) is 23.4. The molecule has 2 unspecified atom stereocenters. The number of nitro groups is 1. The molecule has 1 heterocycles. The van der Waals surface area contributed by atoms with Crippen LogP contribution in [-0.4, -0.2) is 24.1 Å². The second-order valence-corrected chi connectivity index (χ2v) is 5.32. The summed E-state index contributed by atoms with van der Waals surface area (Å²) in [6.07, 6.45) is 1.90. The van der Waals surface area contributed by atoms with Gasteiger partial charge in [0.25, 0.3) is 5.69 Å². The number of rotatable bonds is 3. The van der Waals surface area contributed by atoms with Gasteiger partial charge in [0.15, 0.2) is 0 Å². The van der Waals surface area contributed by atoms with Crippen molar-refractivity contribution in [3.63, 3.8) is 0 Å². The predicted molar refractivity (Wildman–Crippen MR) is 76.4 cm³/mol. The number of nitrogens with zero attached hydrogens (tertiary/aromatic N) is 2. The molecule has 0 bridgehead atoms. The molecule has 5 nitrogen and oxygen atoms in total. The van der Waals surface area contributed by atoms with Crippen LogP contribution in [0.2, 0.25) is 0 Å². The van der Waals surface area contributed by atoms with E-state index in [-0.39, 0.29) is 16.7 Å². The first-order valence-electron chi connectivity index (χ1n) is 6.78. The van der Waals surface area contributed by atoms with Crippen LogP contribution in [0.5, 0.6) is 0 Å². The standard InChI is InChI=1S/C14H21N3O2/c1-3-11-9-16(7-6-12(11)15)13-5-4-10(2)8-14(13)17(18)19/h4-5,8,11-12H,3,6-7,9,15H2,1-2H3. The zero-order chi connectivity index (χ0) is 14.0. The van der Waals surface area contributed by atoms with E-state index < -0.39 is 0 Å². The molecule has 2 atom stereocenters. The zero-order valence-corrected chi connectivity index (χ0v) is 11.5. The molecule has 0 amide bonds. The molecule has 0 saturated carbocycles. The smallest absolute Gasteiger partial charge is 0.292 e. The van der Waals surface area contributed by atoms with Crippen molar-refractivity contribution in [3.05, 3.63) is 33.9 Å². The fourth-order valence-corrected chi connectivity index (χ4v) is 2.75. The average Bonchev–Trinajstić information content (AvgIpc) is 2.39. The lowest BCUT2D eigenvalue weighted by molar-refractivity contribution is -0.384. The molecule has 2 N–H and O–H groups in total. The maximum atomic E-state index is 11.2. The molecule has 0 spiro atoms. The van der Waals surface area contributed by atoms with Crippen molar-refractivity contribution in [1.29, 1.82) is 0 Å². The van der Waals surface area contributed by atoms with E-state index in [1.165, 1.54) is 0 Å². The van der Waals surface area contributed by atoms with E-state index in [2.05, 4.69) is 11.8 Å². The summed E-state index contributed by atoms with van der Waals surface area (Å²) in [5.41, 5.74) is 7.93. The molecule has 0 aromatic heterocycles. The second-order valence-electron chi connectivity index (χ2n) is 5.32. The van der Waals surface area contributed by atoms with Crippen LogP contribution in [0.4, 0.5) is 11.4 Å². The third kappa shape index (κ3) is 2.87. The van der Waals surface area contributed by atoms with E-state index in [9.17, 15) is 10.1 Å². The molecule has 1 fully saturated rings. The molecule has 104 valence electrons. The minimum Gasteiger partial charge on any atom is -0.366 e. The molecule has 2 rings (SSSR count). The van der Waals surface area contributed by atoms with Gasteiger partial charge in [-0.25, -0.2) is 0 Å². The van der Waals surface area contributed by atoms with Crippen molar-refractivity contribution >= 4 is 11.4 Å². The number of anilines is 1. The van der Waals surface area contributed by atoms with Gasteiger partial charge in [-0.2, -0.15) is 0 Å². The van der Waals surface area contributed by atoms with Gasteiger partial charge in [0.2, 0.25) is 0 Å². The summed E-state index contributed by atoms with van der Waals surface area (Å²) < 4.78 is 0. The molecular weight excluding hydrogens is 242 g/mol. The van der Waals surface area contributed by atoms with E-state index in [1.807, 2.05) is 19.1 Å². The molecule has 0 radical (unpaired) electrons.